The molecular weight excluding hydrogens is 451 g/mol. The van der Waals surface area contributed by atoms with E-state index in [0.29, 0.717) is 27.4 Å². The monoisotopic (exact) mass is 468 g/mol. The summed E-state index contributed by atoms with van der Waals surface area (Å²) < 4.78 is 20.7. The molecule has 162 valence electrons. The van der Waals surface area contributed by atoms with Crippen LogP contribution in [0, 0.1) is 5.82 Å². The second-order valence-corrected chi connectivity index (χ2v) is 8.04. The van der Waals surface area contributed by atoms with Crippen molar-refractivity contribution in [3.63, 3.8) is 0 Å². The second kappa shape index (κ2) is 10.3. The maximum atomic E-state index is 13.0. The number of ether oxygens (including phenoxy) is 1. The molecule has 4 rings (SSSR count). The average molecular weight is 469 g/mol. The van der Waals surface area contributed by atoms with E-state index in [2.05, 4.69) is 15.5 Å². The molecule has 1 amide bonds. The quantitative estimate of drug-likeness (QED) is 0.352. The Balaban J connectivity index is 1.50. The standard InChI is InChI=1S/C23H18ClFN4O2S/c24-16-6-12-19(13-7-16)29-21(14-31-20-4-2-1-3-5-20)27-28-23(29)32-15-22(30)26-18-10-8-17(25)9-11-18/h1-13H,14-15H2,(H,26,30). The number of anilines is 1. The highest BCUT2D eigenvalue weighted by molar-refractivity contribution is 7.99. The zero-order valence-electron chi connectivity index (χ0n) is 16.7. The van der Waals surface area contributed by atoms with Crippen LogP contribution in [0.5, 0.6) is 5.75 Å². The minimum Gasteiger partial charge on any atom is -0.486 e. The normalized spacial score (nSPS) is 10.7. The smallest absolute Gasteiger partial charge is 0.234 e. The Kier molecular flexibility index (Phi) is 7.03. The summed E-state index contributed by atoms with van der Waals surface area (Å²) >= 11 is 7.27. The molecule has 0 aliphatic heterocycles. The van der Waals surface area contributed by atoms with Crippen LogP contribution in [0.4, 0.5) is 10.1 Å². The SMILES string of the molecule is O=C(CSc1nnc(COc2ccccc2)n1-c1ccc(Cl)cc1)Nc1ccc(F)cc1. The Morgan fingerprint density at radius 1 is 1.00 bits per heavy atom. The molecule has 0 aliphatic rings. The first-order valence-corrected chi connectivity index (χ1v) is 11.0. The van der Waals surface area contributed by atoms with Crippen LogP contribution in [0.2, 0.25) is 5.02 Å². The molecule has 4 aromatic rings. The lowest BCUT2D eigenvalue weighted by atomic mass is 10.3. The molecule has 32 heavy (non-hydrogen) atoms. The van der Waals surface area contributed by atoms with Gasteiger partial charge in [0, 0.05) is 16.4 Å². The number of benzene rings is 3. The van der Waals surface area contributed by atoms with Crippen LogP contribution in [-0.2, 0) is 11.4 Å². The fraction of sp³-hybridized carbons (Fsp3) is 0.0870. The summed E-state index contributed by atoms with van der Waals surface area (Å²) in [6, 6.07) is 22.2. The molecule has 6 nitrogen and oxygen atoms in total. The molecular formula is C23H18ClFN4O2S. The molecule has 0 fully saturated rings. The Morgan fingerprint density at radius 2 is 1.72 bits per heavy atom. The van der Waals surface area contributed by atoms with Gasteiger partial charge in [-0.2, -0.15) is 0 Å². The molecule has 0 aliphatic carbocycles. The molecule has 1 aromatic heterocycles. The van der Waals surface area contributed by atoms with Crippen molar-refractivity contribution < 1.29 is 13.9 Å². The van der Waals surface area contributed by atoms with Gasteiger partial charge in [-0.05, 0) is 60.7 Å². The van der Waals surface area contributed by atoms with Gasteiger partial charge < -0.3 is 10.1 Å². The van der Waals surface area contributed by atoms with Gasteiger partial charge in [-0.1, -0.05) is 41.6 Å². The number of carbonyl (C=O) groups is 1. The molecule has 0 bridgehead atoms. The molecule has 0 radical (unpaired) electrons. The van der Waals surface area contributed by atoms with E-state index in [0.717, 1.165) is 5.69 Å². The number of hydrogen-bond donors (Lipinski definition) is 1. The highest BCUT2D eigenvalue weighted by Crippen LogP contribution is 2.24. The lowest BCUT2D eigenvalue weighted by molar-refractivity contribution is -0.113. The van der Waals surface area contributed by atoms with Gasteiger partial charge in [-0.25, -0.2) is 4.39 Å². The predicted octanol–water partition coefficient (Wildman–Crippen LogP) is 5.37. The van der Waals surface area contributed by atoms with Crippen LogP contribution < -0.4 is 10.1 Å². The van der Waals surface area contributed by atoms with Gasteiger partial charge in [-0.3, -0.25) is 9.36 Å². The molecule has 3 aromatic carbocycles. The molecule has 0 saturated heterocycles. The molecule has 0 unspecified atom stereocenters. The Labute approximate surface area is 193 Å². The van der Waals surface area contributed by atoms with E-state index in [9.17, 15) is 9.18 Å². The molecule has 0 saturated carbocycles. The topological polar surface area (TPSA) is 69.0 Å². The number of nitrogens with zero attached hydrogens (tertiary/aromatic N) is 3. The van der Waals surface area contributed by atoms with Crippen LogP contribution in [0.15, 0.2) is 84.0 Å². The average Bonchev–Trinajstić information content (AvgIpc) is 3.22. The van der Waals surface area contributed by atoms with Crippen molar-refractivity contribution in [2.75, 3.05) is 11.1 Å². The van der Waals surface area contributed by atoms with Crippen molar-refractivity contribution in [3.8, 4) is 11.4 Å². The van der Waals surface area contributed by atoms with Crippen LogP contribution in [-0.4, -0.2) is 26.4 Å². The highest BCUT2D eigenvalue weighted by Gasteiger charge is 2.17. The van der Waals surface area contributed by atoms with Crippen molar-refractivity contribution in [2.24, 2.45) is 0 Å². The van der Waals surface area contributed by atoms with Crippen molar-refractivity contribution >= 4 is 35.0 Å². The van der Waals surface area contributed by atoms with Crippen LogP contribution in [0.3, 0.4) is 0 Å². The first kappa shape index (κ1) is 21.9. The number of para-hydroxylation sites is 1. The Bertz CT molecular complexity index is 1190. The van der Waals surface area contributed by atoms with Gasteiger partial charge in [0.1, 0.15) is 18.2 Å². The van der Waals surface area contributed by atoms with Gasteiger partial charge in [0.2, 0.25) is 5.91 Å². The van der Waals surface area contributed by atoms with Gasteiger partial charge >= 0.3 is 0 Å². The minimum absolute atomic E-state index is 0.0998. The number of aromatic nitrogens is 3. The second-order valence-electron chi connectivity index (χ2n) is 6.66. The number of amides is 1. The Morgan fingerprint density at radius 3 is 2.44 bits per heavy atom. The summed E-state index contributed by atoms with van der Waals surface area (Å²) in [4.78, 5) is 12.4. The Hall–Kier alpha value is -3.36. The molecule has 1 N–H and O–H groups in total. The zero-order valence-corrected chi connectivity index (χ0v) is 18.3. The van der Waals surface area contributed by atoms with Crippen LogP contribution in [0.25, 0.3) is 5.69 Å². The summed E-state index contributed by atoms with van der Waals surface area (Å²) in [6.45, 7) is 0.196. The number of nitrogens with one attached hydrogen (secondary N) is 1. The largest absolute Gasteiger partial charge is 0.486 e. The number of thioether (sulfide) groups is 1. The summed E-state index contributed by atoms with van der Waals surface area (Å²) in [5, 5.41) is 12.4. The summed E-state index contributed by atoms with van der Waals surface area (Å²) in [7, 11) is 0. The maximum Gasteiger partial charge on any atom is 0.234 e. The third-order valence-electron chi connectivity index (χ3n) is 4.36. The predicted molar refractivity (Wildman–Crippen MR) is 123 cm³/mol. The van der Waals surface area contributed by atoms with Gasteiger partial charge in [0.25, 0.3) is 0 Å². The number of halogens is 2. The van der Waals surface area contributed by atoms with E-state index in [-0.39, 0.29) is 24.1 Å². The van der Waals surface area contributed by atoms with E-state index in [4.69, 9.17) is 16.3 Å². The lowest BCUT2D eigenvalue weighted by Crippen LogP contribution is -2.14. The van der Waals surface area contributed by atoms with Gasteiger partial charge in [-0.15, -0.1) is 10.2 Å². The van der Waals surface area contributed by atoms with E-state index < -0.39 is 0 Å². The number of carbonyl (C=O) groups excluding carboxylic acids is 1. The van der Waals surface area contributed by atoms with E-state index >= 15 is 0 Å². The fourth-order valence-electron chi connectivity index (χ4n) is 2.86. The van der Waals surface area contributed by atoms with E-state index in [1.807, 2.05) is 47.0 Å². The van der Waals surface area contributed by atoms with Crippen LogP contribution >= 0.6 is 23.4 Å². The van der Waals surface area contributed by atoms with E-state index in [1.165, 1.54) is 36.0 Å². The van der Waals surface area contributed by atoms with Crippen molar-refractivity contribution in [1.29, 1.82) is 0 Å². The fourth-order valence-corrected chi connectivity index (χ4v) is 3.76. The van der Waals surface area contributed by atoms with Crippen molar-refractivity contribution in [2.45, 2.75) is 11.8 Å². The lowest BCUT2D eigenvalue weighted by Gasteiger charge is -2.11. The molecule has 0 atom stereocenters. The summed E-state index contributed by atoms with van der Waals surface area (Å²) in [5.41, 5.74) is 1.32. The minimum atomic E-state index is -0.362. The first-order valence-electron chi connectivity index (χ1n) is 9.65. The summed E-state index contributed by atoms with van der Waals surface area (Å²) in [5.74, 6) is 0.791. The van der Waals surface area contributed by atoms with Crippen molar-refractivity contribution in [1.82, 2.24) is 14.8 Å². The third kappa shape index (κ3) is 5.66. The number of hydrogen-bond acceptors (Lipinski definition) is 5. The van der Waals surface area contributed by atoms with Crippen LogP contribution in [0.1, 0.15) is 5.82 Å². The zero-order chi connectivity index (χ0) is 22.3. The third-order valence-corrected chi connectivity index (χ3v) is 5.54. The van der Waals surface area contributed by atoms with E-state index in [1.54, 1.807) is 12.1 Å². The van der Waals surface area contributed by atoms with Crippen molar-refractivity contribution in [3.05, 3.63) is 95.5 Å². The maximum absolute atomic E-state index is 13.0. The molecule has 9 heteroatoms. The van der Waals surface area contributed by atoms with Gasteiger partial charge in [0.15, 0.2) is 11.0 Å². The summed E-state index contributed by atoms with van der Waals surface area (Å²) in [6.07, 6.45) is 0. The molecule has 0 spiro atoms. The molecule has 1 heterocycles. The first-order chi connectivity index (χ1) is 15.6. The van der Waals surface area contributed by atoms with Gasteiger partial charge in [0.05, 0.1) is 5.75 Å². The highest BCUT2D eigenvalue weighted by atomic mass is 35.5. The number of rotatable bonds is 8.